The Morgan fingerprint density at radius 1 is 1.32 bits per heavy atom. The van der Waals surface area contributed by atoms with E-state index in [0.717, 1.165) is 5.56 Å². The van der Waals surface area contributed by atoms with Crippen molar-refractivity contribution in [3.63, 3.8) is 0 Å². The molecule has 0 saturated carbocycles. The van der Waals surface area contributed by atoms with E-state index in [4.69, 9.17) is 5.11 Å². The molecule has 1 aromatic carbocycles. The van der Waals surface area contributed by atoms with E-state index in [1.54, 1.807) is 31.2 Å². The molecule has 0 bridgehead atoms. The Morgan fingerprint density at radius 2 is 1.89 bits per heavy atom. The highest BCUT2D eigenvalue weighted by molar-refractivity contribution is 5.87. The van der Waals surface area contributed by atoms with Crippen molar-refractivity contribution in [2.24, 2.45) is 0 Å². The molecule has 0 aliphatic rings. The molecule has 104 valence electrons. The standard InChI is InChI=1S/C12H12F3NO3/c1-7-4-2-3-5-8(7)6-9(10(17)18)16-11(19)12(13,14)15/h2-5,9H,6H2,1H3,(H,16,19)(H,17,18)/t9-/m0/s1. The van der Waals surface area contributed by atoms with Crippen LogP contribution < -0.4 is 5.32 Å². The summed E-state index contributed by atoms with van der Waals surface area (Å²) in [5.74, 6) is -3.77. The predicted molar refractivity (Wildman–Crippen MR) is 60.5 cm³/mol. The van der Waals surface area contributed by atoms with Crippen molar-refractivity contribution in [1.29, 1.82) is 0 Å². The van der Waals surface area contributed by atoms with Gasteiger partial charge in [0.15, 0.2) is 0 Å². The molecule has 19 heavy (non-hydrogen) atoms. The fourth-order valence-corrected chi connectivity index (χ4v) is 1.50. The lowest BCUT2D eigenvalue weighted by molar-refractivity contribution is -0.175. The Balaban J connectivity index is 2.83. The Kier molecular flexibility index (Phi) is 4.52. The summed E-state index contributed by atoms with van der Waals surface area (Å²) in [5.41, 5.74) is 1.31. The topological polar surface area (TPSA) is 66.4 Å². The summed E-state index contributed by atoms with van der Waals surface area (Å²) in [6.07, 6.45) is -5.30. The highest BCUT2D eigenvalue weighted by Gasteiger charge is 2.40. The number of hydrogen-bond donors (Lipinski definition) is 2. The van der Waals surface area contributed by atoms with Crippen LogP contribution in [0.5, 0.6) is 0 Å². The number of aryl methyl sites for hydroxylation is 1. The summed E-state index contributed by atoms with van der Waals surface area (Å²) in [5, 5.41) is 10.3. The van der Waals surface area contributed by atoms with Crippen LogP contribution in [0.15, 0.2) is 24.3 Å². The van der Waals surface area contributed by atoms with Crippen molar-refractivity contribution in [2.75, 3.05) is 0 Å². The number of carbonyl (C=O) groups is 2. The predicted octanol–water partition coefficient (Wildman–Crippen LogP) is 1.67. The molecule has 0 aliphatic carbocycles. The fraction of sp³-hybridized carbons (Fsp3) is 0.333. The van der Waals surface area contributed by atoms with E-state index >= 15 is 0 Å². The summed E-state index contributed by atoms with van der Waals surface area (Å²) in [7, 11) is 0. The summed E-state index contributed by atoms with van der Waals surface area (Å²) < 4.78 is 36.3. The molecule has 0 unspecified atom stereocenters. The first-order chi connectivity index (χ1) is 8.71. The number of nitrogens with one attached hydrogen (secondary N) is 1. The van der Waals surface area contributed by atoms with Crippen LogP contribution in [0.25, 0.3) is 0 Å². The minimum atomic E-state index is -5.10. The van der Waals surface area contributed by atoms with Gasteiger partial charge in [0.05, 0.1) is 0 Å². The molecule has 0 radical (unpaired) electrons. The van der Waals surface area contributed by atoms with Crippen molar-refractivity contribution in [3.05, 3.63) is 35.4 Å². The average molecular weight is 275 g/mol. The van der Waals surface area contributed by atoms with Crippen molar-refractivity contribution in [2.45, 2.75) is 25.6 Å². The van der Waals surface area contributed by atoms with E-state index in [1.165, 1.54) is 5.32 Å². The van der Waals surface area contributed by atoms with Crippen molar-refractivity contribution >= 4 is 11.9 Å². The third kappa shape index (κ3) is 4.27. The monoisotopic (exact) mass is 275 g/mol. The van der Waals surface area contributed by atoms with Crippen LogP contribution in [0.2, 0.25) is 0 Å². The van der Waals surface area contributed by atoms with Crippen LogP contribution in [0.1, 0.15) is 11.1 Å². The van der Waals surface area contributed by atoms with Gasteiger partial charge in [0.25, 0.3) is 0 Å². The lowest BCUT2D eigenvalue weighted by Crippen LogP contribution is -2.47. The van der Waals surface area contributed by atoms with Gasteiger partial charge in [-0.15, -0.1) is 0 Å². The van der Waals surface area contributed by atoms with E-state index in [9.17, 15) is 22.8 Å². The fourth-order valence-electron chi connectivity index (χ4n) is 1.50. The smallest absolute Gasteiger partial charge is 0.471 e. The highest BCUT2D eigenvalue weighted by Crippen LogP contribution is 2.16. The third-order valence-corrected chi connectivity index (χ3v) is 2.55. The summed E-state index contributed by atoms with van der Waals surface area (Å²) in [4.78, 5) is 21.7. The zero-order valence-electron chi connectivity index (χ0n) is 9.99. The molecule has 0 spiro atoms. The third-order valence-electron chi connectivity index (χ3n) is 2.55. The lowest BCUT2D eigenvalue weighted by atomic mass is 10.0. The minimum absolute atomic E-state index is 0.205. The molecular formula is C12H12F3NO3. The second-order valence-electron chi connectivity index (χ2n) is 3.99. The van der Waals surface area contributed by atoms with Crippen molar-refractivity contribution in [1.82, 2.24) is 5.32 Å². The van der Waals surface area contributed by atoms with E-state index in [0.29, 0.717) is 5.56 Å². The first kappa shape index (κ1) is 15.0. The Bertz CT molecular complexity index is 485. The van der Waals surface area contributed by atoms with Gasteiger partial charge in [-0.1, -0.05) is 24.3 Å². The Morgan fingerprint density at radius 3 is 2.37 bits per heavy atom. The molecular weight excluding hydrogens is 263 g/mol. The zero-order valence-corrected chi connectivity index (χ0v) is 9.99. The van der Waals surface area contributed by atoms with E-state index < -0.39 is 24.1 Å². The molecule has 0 saturated heterocycles. The van der Waals surface area contributed by atoms with Crippen LogP contribution in [-0.4, -0.2) is 29.2 Å². The molecule has 0 aliphatic heterocycles. The van der Waals surface area contributed by atoms with Crippen LogP contribution in [0.4, 0.5) is 13.2 Å². The molecule has 1 amide bonds. The molecule has 0 fully saturated rings. The van der Waals surface area contributed by atoms with Crippen molar-refractivity contribution in [3.8, 4) is 0 Å². The molecule has 1 rings (SSSR count). The maximum Gasteiger partial charge on any atom is 0.471 e. The Hall–Kier alpha value is -2.05. The van der Waals surface area contributed by atoms with Gasteiger partial charge in [-0.3, -0.25) is 4.79 Å². The zero-order chi connectivity index (χ0) is 14.6. The molecule has 7 heteroatoms. The number of hydrogen-bond acceptors (Lipinski definition) is 2. The number of alkyl halides is 3. The molecule has 4 nitrogen and oxygen atoms in total. The van der Waals surface area contributed by atoms with Gasteiger partial charge >= 0.3 is 18.1 Å². The van der Waals surface area contributed by atoms with Gasteiger partial charge in [0.1, 0.15) is 6.04 Å². The van der Waals surface area contributed by atoms with E-state index in [1.807, 2.05) is 0 Å². The number of carboxylic acid groups (broad SMARTS) is 1. The maximum absolute atomic E-state index is 12.1. The Labute approximate surface area is 107 Å². The van der Waals surface area contributed by atoms with E-state index in [-0.39, 0.29) is 6.42 Å². The van der Waals surface area contributed by atoms with Crippen LogP contribution >= 0.6 is 0 Å². The number of amides is 1. The number of carboxylic acids is 1. The highest BCUT2D eigenvalue weighted by atomic mass is 19.4. The summed E-state index contributed by atoms with van der Waals surface area (Å²) in [6.45, 7) is 1.71. The molecule has 0 heterocycles. The van der Waals surface area contributed by atoms with Gasteiger partial charge in [-0.05, 0) is 18.1 Å². The van der Waals surface area contributed by atoms with Gasteiger partial charge in [0, 0.05) is 6.42 Å². The first-order valence-electron chi connectivity index (χ1n) is 5.37. The largest absolute Gasteiger partial charge is 0.480 e. The summed E-state index contributed by atoms with van der Waals surface area (Å²) >= 11 is 0. The van der Waals surface area contributed by atoms with Crippen LogP contribution in [-0.2, 0) is 16.0 Å². The maximum atomic E-state index is 12.1. The SMILES string of the molecule is Cc1ccccc1C[C@H](NC(=O)C(F)(F)F)C(=O)O. The number of carbonyl (C=O) groups excluding carboxylic acids is 1. The molecule has 1 aromatic rings. The minimum Gasteiger partial charge on any atom is -0.480 e. The van der Waals surface area contributed by atoms with Gasteiger partial charge < -0.3 is 10.4 Å². The average Bonchev–Trinajstić information content (AvgIpc) is 2.29. The normalized spacial score (nSPS) is 12.8. The van der Waals surface area contributed by atoms with Gasteiger partial charge in [0.2, 0.25) is 0 Å². The number of rotatable bonds is 4. The van der Waals surface area contributed by atoms with Gasteiger partial charge in [-0.25, -0.2) is 4.79 Å². The number of halogens is 3. The molecule has 2 N–H and O–H groups in total. The molecule has 1 atom stereocenters. The van der Waals surface area contributed by atoms with Gasteiger partial charge in [-0.2, -0.15) is 13.2 Å². The lowest BCUT2D eigenvalue weighted by Gasteiger charge is -2.16. The van der Waals surface area contributed by atoms with E-state index in [2.05, 4.69) is 0 Å². The van der Waals surface area contributed by atoms with Crippen molar-refractivity contribution < 1.29 is 27.9 Å². The summed E-state index contributed by atoms with van der Waals surface area (Å²) in [6, 6.07) is 5.07. The van der Waals surface area contributed by atoms with Crippen LogP contribution in [0.3, 0.4) is 0 Å². The number of aliphatic carboxylic acids is 1. The second-order valence-corrected chi connectivity index (χ2v) is 3.99. The second kappa shape index (κ2) is 5.73. The number of benzene rings is 1. The van der Waals surface area contributed by atoms with Crippen LogP contribution in [0, 0.1) is 6.92 Å². The molecule has 0 aromatic heterocycles. The quantitative estimate of drug-likeness (QED) is 0.878. The first-order valence-corrected chi connectivity index (χ1v) is 5.37.